The fourth-order valence-corrected chi connectivity index (χ4v) is 2.10. The molecule has 0 aromatic heterocycles. The van der Waals surface area contributed by atoms with Crippen LogP contribution >= 0.6 is 0 Å². The number of nitrogens with one attached hydrogen (secondary N) is 1. The van der Waals surface area contributed by atoms with Crippen LogP contribution in [0.1, 0.15) is 26.2 Å². The maximum absolute atomic E-state index is 9.17. The molecule has 1 aromatic carbocycles. The number of rotatable bonds is 3. The third kappa shape index (κ3) is 2.89. The number of phenols is 1. The first-order chi connectivity index (χ1) is 7.75. The quantitative estimate of drug-likeness (QED) is 0.823. The molecule has 2 N–H and O–H groups in total. The fourth-order valence-electron chi connectivity index (χ4n) is 2.10. The number of piperidine rings is 1. The second-order valence-corrected chi connectivity index (χ2v) is 4.37. The lowest BCUT2D eigenvalue weighted by atomic mass is 10.0. The van der Waals surface area contributed by atoms with Gasteiger partial charge < -0.3 is 15.2 Å². The smallest absolute Gasteiger partial charge is 0.120 e. The van der Waals surface area contributed by atoms with Gasteiger partial charge in [-0.05, 0) is 50.6 Å². The Bertz CT molecular complexity index is 317. The first kappa shape index (κ1) is 11.3. The zero-order chi connectivity index (χ0) is 11.4. The van der Waals surface area contributed by atoms with Crippen LogP contribution in [0.2, 0.25) is 0 Å². The van der Waals surface area contributed by atoms with Crippen LogP contribution in [-0.2, 0) is 0 Å². The zero-order valence-electron chi connectivity index (χ0n) is 9.65. The highest BCUT2D eigenvalue weighted by Gasteiger charge is 2.20. The van der Waals surface area contributed by atoms with Crippen molar-refractivity contribution in [2.45, 2.75) is 38.3 Å². The van der Waals surface area contributed by atoms with E-state index in [9.17, 15) is 5.11 Å². The minimum absolute atomic E-state index is 0.171. The number of ether oxygens (including phenoxy) is 1. The van der Waals surface area contributed by atoms with Gasteiger partial charge in [-0.15, -0.1) is 0 Å². The Morgan fingerprint density at radius 3 is 2.69 bits per heavy atom. The van der Waals surface area contributed by atoms with Gasteiger partial charge in [-0.3, -0.25) is 0 Å². The molecule has 1 fully saturated rings. The Morgan fingerprint density at radius 1 is 1.31 bits per heavy atom. The van der Waals surface area contributed by atoms with E-state index in [1.165, 1.54) is 19.3 Å². The predicted octanol–water partition coefficient (Wildman–Crippen LogP) is 2.30. The van der Waals surface area contributed by atoms with Gasteiger partial charge in [-0.2, -0.15) is 0 Å². The number of benzene rings is 1. The molecule has 1 heterocycles. The van der Waals surface area contributed by atoms with Gasteiger partial charge in [0, 0.05) is 6.04 Å². The molecule has 0 amide bonds. The van der Waals surface area contributed by atoms with Crippen molar-refractivity contribution in [1.82, 2.24) is 5.32 Å². The SMILES string of the molecule is CC(Oc1ccc(O)cc1)C1CCCCN1. The summed E-state index contributed by atoms with van der Waals surface area (Å²) in [5.74, 6) is 1.09. The lowest BCUT2D eigenvalue weighted by Crippen LogP contribution is -2.44. The molecule has 1 aliphatic rings. The predicted molar refractivity (Wildman–Crippen MR) is 63.8 cm³/mol. The van der Waals surface area contributed by atoms with Crippen LogP contribution in [0.3, 0.4) is 0 Å². The third-order valence-corrected chi connectivity index (χ3v) is 3.07. The molecule has 3 heteroatoms. The Kier molecular flexibility index (Phi) is 3.67. The summed E-state index contributed by atoms with van der Waals surface area (Å²) in [6, 6.07) is 7.35. The Labute approximate surface area is 96.4 Å². The molecule has 0 spiro atoms. The Morgan fingerprint density at radius 2 is 2.06 bits per heavy atom. The summed E-state index contributed by atoms with van der Waals surface area (Å²) < 4.78 is 5.84. The molecule has 2 unspecified atom stereocenters. The van der Waals surface area contributed by atoms with E-state index in [-0.39, 0.29) is 11.9 Å². The highest BCUT2D eigenvalue weighted by atomic mass is 16.5. The standard InChI is InChI=1S/C13H19NO2/c1-10(13-4-2-3-9-14-13)16-12-7-5-11(15)6-8-12/h5-8,10,13-15H,2-4,9H2,1H3. The molecular formula is C13H19NO2. The average molecular weight is 221 g/mol. The van der Waals surface area contributed by atoms with Crippen LogP contribution in [0.25, 0.3) is 0 Å². The number of hydrogen-bond donors (Lipinski definition) is 2. The third-order valence-electron chi connectivity index (χ3n) is 3.07. The second-order valence-electron chi connectivity index (χ2n) is 4.37. The van der Waals surface area contributed by atoms with Gasteiger partial charge in [0.1, 0.15) is 17.6 Å². The summed E-state index contributed by atoms with van der Waals surface area (Å²) in [4.78, 5) is 0. The van der Waals surface area contributed by atoms with Crippen LogP contribution in [0.5, 0.6) is 11.5 Å². The second kappa shape index (κ2) is 5.21. The lowest BCUT2D eigenvalue weighted by Gasteiger charge is -2.29. The van der Waals surface area contributed by atoms with E-state index < -0.39 is 0 Å². The molecule has 0 saturated carbocycles. The minimum atomic E-state index is 0.171. The molecule has 1 aliphatic heterocycles. The van der Waals surface area contributed by atoms with Crippen LogP contribution < -0.4 is 10.1 Å². The molecule has 1 saturated heterocycles. The summed E-state index contributed by atoms with van der Waals surface area (Å²) in [7, 11) is 0. The molecule has 0 bridgehead atoms. The van der Waals surface area contributed by atoms with E-state index in [4.69, 9.17) is 4.74 Å². The van der Waals surface area contributed by atoms with E-state index >= 15 is 0 Å². The first-order valence-corrected chi connectivity index (χ1v) is 5.95. The Balaban J connectivity index is 1.90. The van der Waals surface area contributed by atoms with E-state index in [0.29, 0.717) is 6.04 Å². The Hall–Kier alpha value is -1.22. The normalized spacial score (nSPS) is 22.7. The summed E-state index contributed by atoms with van der Waals surface area (Å²) in [5.41, 5.74) is 0. The monoisotopic (exact) mass is 221 g/mol. The van der Waals surface area contributed by atoms with Crippen molar-refractivity contribution in [2.75, 3.05) is 6.54 Å². The van der Waals surface area contributed by atoms with Crippen molar-refractivity contribution in [3.63, 3.8) is 0 Å². The molecule has 88 valence electrons. The summed E-state index contributed by atoms with van der Waals surface area (Å²) in [6.07, 6.45) is 3.90. The van der Waals surface area contributed by atoms with Gasteiger partial charge in [0.15, 0.2) is 0 Å². The molecule has 0 aliphatic carbocycles. The van der Waals surface area contributed by atoms with Gasteiger partial charge in [-0.1, -0.05) is 6.42 Å². The fraction of sp³-hybridized carbons (Fsp3) is 0.538. The number of aromatic hydroxyl groups is 1. The van der Waals surface area contributed by atoms with Crippen molar-refractivity contribution in [1.29, 1.82) is 0 Å². The van der Waals surface area contributed by atoms with Crippen molar-refractivity contribution < 1.29 is 9.84 Å². The van der Waals surface area contributed by atoms with Crippen molar-refractivity contribution in [3.8, 4) is 11.5 Å². The number of phenolic OH excluding ortho intramolecular Hbond substituents is 1. The first-order valence-electron chi connectivity index (χ1n) is 5.95. The van der Waals surface area contributed by atoms with Crippen LogP contribution in [-0.4, -0.2) is 23.8 Å². The van der Waals surface area contributed by atoms with Gasteiger partial charge >= 0.3 is 0 Å². The van der Waals surface area contributed by atoms with Crippen molar-refractivity contribution >= 4 is 0 Å². The lowest BCUT2D eigenvalue weighted by molar-refractivity contribution is 0.152. The molecule has 16 heavy (non-hydrogen) atoms. The van der Waals surface area contributed by atoms with E-state index in [0.717, 1.165) is 12.3 Å². The van der Waals surface area contributed by atoms with Gasteiger partial charge in [0.25, 0.3) is 0 Å². The highest BCUT2D eigenvalue weighted by Crippen LogP contribution is 2.20. The maximum atomic E-state index is 9.17. The van der Waals surface area contributed by atoms with Crippen LogP contribution in [0, 0.1) is 0 Å². The molecular weight excluding hydrogens is 202 g/mol. The molecule has 1 aromatic rings. The largest absolute Gasteiger partial charge is 0.508 e. The van der Waals surface area contributed by atoms with Crippen LogP contribution in [0.15, 0.2) is 24.3 Å². The molecule has 2 atom stereocenters. The molecule has 2 rings (SSSR count). The number of hydrogen-bond acceptors (Lipinski definition) is 3. The summed E-state index contributed by atoms with van der Waals surface area (Å²) in [6.45, 7) is 3.18. The van der Waals surface area contributed by atoms with E-state index in [1.54, 1.807) is 24.3 Å². The summed E-state index contributed by atoms with van der Waals surface area (Å²) in [5, 5.41) is 12.6. The van der Waals surface area contributed by atoms with Crippen LogP contribution in [0.4, 0.5) is 0 Å². The molecule has 0 radical (unpaired) electrons. The van der Waals surface area contributed by atoms with E-state index in [1.807, 2.05) is 0 Å². The topological polar surface area (TPSA) is 41.5 Å². The van der Waals surface area contributed by atoms with Crippen molar-refractivity contribution in [3.05, 3.63) is 24.3 Å². The zero-order valence-corrected chi connectivity index (χ0v) is 9.65. The average Bonchev–Trinajstić information content (AvgIpc) is 2.33. The van der Waals surface area contributed by atoms with Crippen molar-refractivity contribution in [2.24, 2.45) is 0 Å². The maximum Gasteiger partial charge on any atom is 0.120 e. The minimum Gasteiger partial charge on any atom is -0.508 e. The summed E-state index contributed by atoms with van der Waals surface area (Å²) >= 11 is 0. The highest BCUT2D eigenvalue weighted by molar-refractivity contribution is 5.30. The van der Waals surface area contributed by atoms with E-state index in [2.05, 4.69) is 12.2 Å². The van der Waals surface area contributed by atoms with Gasteiger partial charge in [0.05, 0.1) is 0 Å². The van der Waals surface area contributed by atoms with Gasteiger partial charge in [0.2, 0.25) is 0 Å². The molecule has 3 nitrogen and oxygen atoms in total. The van der Waals surface area contributed by atoms with Gasteiger partial charge in [-0.25, -0.2) is 0 Å².